The van der Waals surface area contributed by atoms with Gasteiger partial charge in [-0.1, -0.05) is 23.7 Å². The Morgan fingerprint density at radius 2 is 1.69 bits per heavy atom. The van der Waals surface area contributed by atoms with E-state index < -0.39 is 37.3 Å². The molecule has 2 saturated heterocycles. The predicted octanol–water partition coefficient (Wildman–Crippen LogP) is 1.28. The molecule has 32 heavy (non-hydrogen) atoms. The second kappa shape index (κ2) is 10.4. The van der Waals surface area contributed by atoms with Crippen molar-refractivity contribution >= 4 is 11.6 Å². The zero-order valence-electron chi connectivity index (χ0n) is 17.3. The van der Waals surface area contributed by atoms with Gasteiger partial charge in [-0.2, -0.15) is 0 Å². The largest absolute Gasteiger partial charge is 0.488 e. The van der Waals surface area contributed by atoms with Gasteiger partial charge in [-0.25, -0.2) is 0 Å². The van der Waals surface area contributed by atoms with Gasteiger partial charge in [0.25, 0.3) is 0 Å². The van der Waals surface area contributed by atoms with Gasteiger partial charge in [0, 0.05) is 11.4 Å². The first kappa shape index (κ1) is 23.3. The van der Waals surface area contributed by atoms with E-state index in [-0.39, 0.29) is 6.10 Å². The Kier molecular flexibility index (Phi) is 7.52. The molecule has 2 aromatic rings. The molecule has 4 N–H and O–H groups in total. The molecular formula is C23H27ClO8. The Bertz CT molecular complexity index is 884. The Labute approximate surface area is 190 Å². The highest BCUT2D eigenvalue weighted by Gasteiger charge is 2.44. The number of rotatable bonds is 7. The van der Waals surface area contributed by atoms with Crippen LogP contribution < -0.4 is 9.47 Å². The number of aliphatic hydroxyl groups is 4. The first-order chi connectivity index (χ1) is 15.4. The molecular weight excluding hydrogens is 440 g/mol. The van der Waals surface area contributed by atoms with E-state index in [9.17, 15) is 20.4 Å². The van der Waals surface area contributed by atoms with Crippen LogP contribution in [-0.4, -0.2) is 77.1 Å². The van der Waals surface area contributed by atoms with E-state index in [1.807, 2.05) is 24.3 Å². The SMILES string of the molecule is OC[C@H]1O[C@@H](Oc2ccc(Cl)c(Cc3ccc(O[C@H]4CCOC4)cc3)c2)[C@H](O)[C@@H](O)[C@@H]1O. The van der Waals surface area contributed by atoms with Crippen molar-refractivity contribution in [3.8, 4) is 11.5 Å². The molecule has 0 aromatic heterocycles. The molecule has 2 heterocycles. The molecule has 2 fully saturated rings. The summed E-state index contributed by atoms with van der Waals surface area (Å²) in [7, 11) is 0. The number of halogens is 1. The van der Waals surface area contributed by atoms with Gasteiger partial charge < -0.3 is 39.4 Å². The fraction of sp³-hybridized carbons (Fsp3) is 0.478. The van der Waals surface area contributed by atoms with E-state index in [0.717, 1.165) is 29.9 Å². The zero-order valence-corrected chi connectivity index (χ0v) is 18.1. The monoisotopic (exact) mass is 466 g/mol. The van der Waals surface area contributed by atoms with Crippen LogP contribution in [0.4, 0.5) is 0 Å². The van der Waals surface area contributed by atoms with Gasteiger partial charge >= 0.3 is 0 Å². The summed E-state index contributed by atoms with van der Waals surface area (Å²) in [6, 6.07) is 12.8. The molecule has 0 saturated carbocycles. The summed E-state index contributed by atoms with van der Waals surface area (Å²) in [6.45, 7) is 0.811. The number of aliphatic hydroxyl groups excluding tert-OH is 4. The highest BCUT2D eigenvalue weighted by Crippen LogP contribution is 2.29. The van der Waals surface area contributed by atoms with E-state index in [4.69, 9.17) is 30.5 Å². The van der Waals surface area contributed by atoms with E-state index >= 15 is 0 Å². The molecule has 2 aliphatic rings. The van der Waals surface area contributed by atoms with Crippen molar-refractivity contribution in [1.82, 2.24) is 0 Å². The maximum Gasteiger partial charge on any atom is 0.229 e. The van der Waals surface area contributed by atoms with Crippen molar-refractivity contribution in [2.24, 2.45) is 0 Å². The topological polar surface area (TPSA) is 118 Å². The maximum absolute atomic E-state index is 10.2. The number of hydrogen-bond donors (Lipinski definition) is 4. The first-order valence-corrected chi connectivity index (χ1v) is 10.9. The van der Waals surface area contributed by atoms with Gasteiger partial charge in [-0.05, 0) is 47.9 Å². The van der Waals surface area contributed by atoms with Gasteiger partial charge in [-0.3, -0.25) is 0 Å². The molecule has 9 heteroatoms. The zero-order chi connectivity index (χ0) is 22.7. The van der Waals surface area contributed by atoms with Crippen molar-refractivity contribution in [1.29, 1.82) is 0 Å². The van der Waals surface area contributed by atoms with E-state index in [2.05, 4.69) is 0 Å². The van der Waals surface area contributed by atoms with Gasteiger partial charge in [-0.15, -0.1) is 0 Å². The van der Waals surface area contributed by atoms with Crippen molar-refractivity contribution < 1.29 is 39.4 Å². The molecule has 4 rings (SSSR count). The van der Waals surface area contributed by atoms with Crippen molar-refractivity contribution in [2.45, 2.75) is 49.7 Å². The van der Waals surface area contributed by atoms with Crippen LogP contribution in [0.1, 0.15) is 17.5 Å². The lowest BCUT2D eigenvalue weighted by atomic mass is 9.99. The normalized spacial score (nSPS) is 30.3. The lowest BCUT2D eigenvalue weighted by molar-refractivity contribution is -0.277. The molecule has 0 bridgehead atoms. The summed E-state index contributed by atoms with van der Waals surface area (Å²) < 4.78 is 22.3. The Morgan fingerprint density at radius 3 is 2.38 bits per heavy atom. The number of hydrogen-bond acceptors (Lipinski definition) is 8. The highest BCUT2D eigenvalue weighted by atomic mass is 35.5. The number of benzene rings is 2. The van der Waals surface area contributed by atoms with Gasteiger partial charge in [0.05, 0.1) is 19.8 Å². The second-order valence-electron chi connectivity index (χ2n) is 7.99. The van der Waals surface area contributed by atoms with Crippen LogP contribution in [0.3, 0.4) is 0 Å². The molecule has 0 aliphatic carbocycles. The smallest absolute Gasteiger partial charge is 0.229 e. The minimum absolute atomic E-state index is 0.0894. The van der Waals surface area contributed by atoms with Crippen molar-refractivity contribution in [2.75, 3.05) is 19.8 Å². The van der Waals surface area contributed by atoms with Crippen molar-refractivity contribution in [3.63, 3.8) is 0 Å². The van der Waals surface area contributed by atoms with Crippen LogP contribution in [0.15, 0.2) is 42.5 Å². The molecule has 0 amide bonds. The van der Waals surface area contributed by atoms with Crippen LogP contribution in [0.5, 0.6) is 11.5 Å². The summed E-state index contributed by atoms with van der Waals surface area (Å²) in [5.74, 6) is 1.16. The molecule has 2 aromatic carbocycles. The molecule has 6 atom stereocenters. The van der Waals surface area contributed by atoms with Crippen molar-refractivity contribution in [3.05, 3.63) is 58.6 Å². The summed E-state index contributed by atoms with van der Waals surface area (Å²) in [5.41, 5.74) is 1.82. The summed E-state index contributed by atoms with van der Waals surface area (Å²) in [6.07, 6.45) is -5.21. The average molecular weight is 467 g/mol. The Balaban J connectivity index is 1.42. The second-order valence-corrected chi connectivity index (χ2v) is 8.40. The summed E-state index contributed by atoms with van der Waals surface area (Å²) >= 11 is 6.37. The third-order valence-corrected chi connectivity index (χ3v) is 6.00. The van der Waals surface area contributed by atoms with E-state index in [1.165, 1.54) is 0 Å². The lowest BCUT2D eigenvalue weighted by Gasteiger charge is -2.39. The minimum atomic E-state index is -1.51. The average Bonchev–Trinajstić information content (AvgIpc) is 3.31. The lowest BCUT2D eigenvalue weighted by Crippen LogP contribution is -2.60. The summed E-state index contributed by atoms with van der Waals surface area (Å²) in [4.78, 5) is 0. The Hall–Kier alpha value is -1.91. The standard InChI is InChI=1S/C23H27ClO8/c24-18-6-5-16(31-23-22(28)21(27)20(26)19(11-25)32-23)10-14(18)9-13-1-3-15(4-2-13)30-17-7-8-29-12-17/h1-6,10,17,19-23,25-28H,7-9,11-12H2/t17-,19+,20+,21-,22+,23+/m0/s1. The highest BCUT2D eigenvalue weighted by molar-refractivity contribution is 6.31. The fourth-order valence-corrected chi connectivity index (χ4v) is 3.95. The molecule has 0 unspecified atom stereocenters. The third kappa shape index (κ3) is 5.35. The van der Waals surface area contributed by atoms with Gasteiger partial charge in [0.1, 0.15) is 42.0 Å². The molecule has 0 spiro atoms. The van der Waals surface area contributed by atoms with Crippen LogP contribution in [0.25, 0.3) is 0 Å². The van der Waals surface area contributed by atoms with Crippen LogP contribution in [0.2, 0.25) is 5.02 Å². The van der Waals surface area contributed by atoms with E-state index in [1.54, 1.807) is 18.2 Å². The van der Waals surface area contributed by atoms with E-state index in [0.29, 0.717) is 23.8 Å². The number of ether oxygens (including phenoxy) is 4. The fourth-order valence-electron chi connectivity index (χ4n) is 3.76. The quantitative estimate of drug-likeness (QED) is 0.482. The van der Waals surface area contributed by atoms with Gasteiger partial charge in [0.2, 0.25) is 6.29 Å². The van der Waals surface area contributed by atoms with Crippen LogP contribution >= 0.6 is 11.6 Å². The minimum Gasteiger partial charge on any atom is -0.488 e. The third-order valence-electron chi connectivity index (χ3n) is 5.63. The predicted molar refractivity (Wildman–Crippen MR) is 115 cm³/mol. The molecule has 2 aliphatic heterocycles. The van der Waals surface area contributed by atoms with Crippen LogP contribution in [-0.2, 0) is 15.9 Å². The Morgan fingerprint density at radius 1 is 0.938 bits per heavy atom. The molecule has 0 radical (unpaired) electrons. The summed E-state index contributed by atoms with van der Waals surface area (Å²) in [5, 5.41) is 39.9. The maximum atomic E-state index is 10.2. The van der Waals surface area contributed by atoms with Crippen LogP contribution in [0, 0.1) is 0 Å². The van der Waals surface area contributed by atoms with Gasteiger partial charge in [0.15, 0.2) is 0 Å². The molecule has 174 valence electrons. The molecule has 8 nitrogen and oxygen atoms in total. The first-order valence-electron chi connectivity index (χ1n) is 10.5.